The molecule has 5 heteroatoms. The zero-order chi connectivity index (χ0) is 19.4. The smallest absolute Gasteiger partial charge is 0.225 e. The van der Waals surface area contributed by atoms with Crippen LogP contribution in [-0.4, -0.2) is 34.8 Å². The number of nitrogens with zero attached hydrogens (tertiary/aromatic N) is 2. The van der Waals surface area contributed by atoms with Crippen LogP contribution in [0.4, 0.5) is 0 Å². The molecule has 1 fully saturated rings. The fraction of sp³-hybridized carbons (Fsp3) is 0.409. The van der Waals surface area contributed by atoms with Crippen LogP contribution in [0.3, 0.4) is 0 Å². The van der Waals surface area contributed by atoms with E-state index in [2.05, 4.69) is 29.4 Å². The molecule has 1 aliphatic heterocycles. The van der Waals surface area contributed by atoms with Crippen molar-refractivity contribution in [3.05, 3.63) is 65.5 Å². The Bertz CT molecular complexity index is 804. The normalized spacial score (nSPS) is 19.3. The zero-order valence-electron chi connectivity index (χ0n) is 16.2. The summed E-state index contributed by atoms with van der Waals surface area (Å²) in [4.78, 5) is 31.5. The molecule has 1 saturated heterocycles. The first kappa shape index (κ1) is 19.1. The predicted octanol–water partition coefficient (Wildman–Crippen LogP) is 2.90. The summed E-state index contributed by atoms with van der Waals surface area (Å²) in [5.74, 6) is -0.199. The van der Waals surface area contributed by atoms with Crippen LogP contribution >= 0.6 is 0 Å². The van der Waals surface area contributed by atoms with Crippen LogP contribution in [0, 0.1) is 18.8 Å². The second-order valence-corrected chi connectivity index (χ2v) is 7.55. The number of amides is 2. The minimum atomic E-state index is -0.245. The maximum Gasteiger partial charge on any atom is 0.225 e. The Morgan fingerprint density at radius 3 is 2.63 bits per heavy atom. The highest BCUT2D eigenvalue weighted by molar-refractivity contribution is 5.84. The van der Waals surface area contributed by atoms with Crippen LogP contribution in [0.5, 0.6) is 0 Å². The standard InChI is InChI=1S/C22H27N3O2/c1-15(2)22(27)25-13-19(18-9-5-4-7-16(18)3)20(14-25)21(26)24-12-17-8-6-10-23-11-17/h4-11,15,19-20H,12-14H2,1-3H3,(H,24,26). The molecule has 2 amide bonds. The number of likely N-dealkylation sites (tertiary alicyclic amines) is 1. The molecule has 1 aromatic carbocycles. The summed E-state index contributed by atoms with van der Waals surface area (Å²) in [5, 5.41) is 3.03. The lowest BCUT2D eigenvalue weighted by Gasteiger charge is -2.20. The highest BCUT2D eigenvalue weighted by Gasteiger charge is 2.41. The van der Waals surface area contributed by atoms with Gasteiger partial charge in [-0.1, -0.05) is 44.2 Å². The first-order valence-electron chi connectivity index (χ1n) is 9.48. The summed E-state index contributed by atoms with van der Waals surface area (Å²) < 4.78 is 0. The molecule has 2 atom stereocenters. The minimum Gasteiger partial charge on any atom is -0.352 e. The first-order chi connectivity index (χ1) is 13.0. The lowest BCUT2D eigenvalue weighted by Crippen LogP contribution is -2.36. The topological polar surface area (TPSA) is 62.3 Å². The summed E-state index contributed by atoms with van der Waals surface area (Å²) in [6.45, 7) is 7.37. The van der Waals surface area contributed by atoms with Crippen molar-refractivity contribution in [3.8, 4) is 0 Å². The Morgan fingerprint density at radius 2 is 1.96 bits per heavy atom. The Balaban J connectivity index is 1.79. The molecule has 0 bridgehead atoms. The van der Waals surface area contributed by atoms with E-state index < -0.39 is 0 Å². The molecule has 2 unspecified atom stereocenters. The average Bonchev–Trinajstić information content (AvgIpc) is 3.11. The molecule has 0 radical (unpaired) electrons. The van der Waals surface area contributed by atoms with E-state index in [9.17, 15) is 9.59 Å². The number of aromatic nitrogens is 1. The number of nitrogens with one attached hydrogen (secondary N) is 1. The highest BCUT2D eigenvalue weighted by atomic mass is 16.2. The third kappa shape index (κ3) is 4.35. The number of benzene rings is 1. The number of rotatable bonds is 5. The van der Waals surface area contributed by atoms with Crippen LogP contribution < -0.4 is 5.32 Å². The molecule has 1 aliphatic rings. The highest BCUT2D eigenvalue weighted by Crippen LogP contribution is 2.35. The third-order valence-corrected chi connectivity index (χ3v) is 5.24. The second kappa shape index (κ2) is 8.33. The SMILES string of the molecule is Cc1ccccc1C1CN(C(=O)C(C)C)CC1C(=O)NCc1cccnc1. The monoisotopic (exact) mass is 365 g/mol. The number of hydrogen-bond donors (Lipinski definition) is 1. The van der Waals surface area contributed by atoms with Gasteiger partial charge < -0.3 is 10.2 Å². The van der Waals surface area contributed by atoms with E-state index in [-0.39, 0.29) is 29.6 Å². The van der Waals surface area contributed by atoms with Gasteiger partial charge in [-0.15, -0.1) is 0 Å². The van der Waals surface area contributed by atoms with Gasteiger partial charge in [0.1, 0.15) is 0 Å². The second-order valence-electron chi connectivity index (χ2n) is 7.55. The van der Waals surface area contributed by atoms with E-state index in [1.54, 1.807) is 12.4 Å². The maximum atomic E-state index is 13.0. The summed E-state index contributed by atoms with van der Waals surface area (Å²) >= 11 is 0. The molecule has 142 valence electrons. The fourth-order valence-electron chi connectivity index (χ4n) is 3.76. The van der Waals surface area contributed by atoms with Crippen molar-refractivity contribution in [1.82, 2.24) is 15.2 Å². The summed E-state index contributed by atoms with van der Waals surface area (Å²) in [6.07, 6.45) is 3.47. The van der Waals surface area contributed by atoms with Crippen LogP contribution in [0.1, 0.15) is 36.5 Å². The minimum absolute atomic E-state index is 0.00818. The number of pyridine rings is 1. The summed E-state index contributed by atoms with van der Waals surface area (Å²) in [6, 6.07) is 11.9. The molecule has 0 aliphatic carbocycles. The van der Waals surface area contributed by atoms with Crippen molar-refractivity contribution in [2.75, 3.05) is 13.1 Å². The molecule has 0 saturated carbocycles. The molecular formula is C22H27N3O2. The van der Waals surface area contributed by atoms with E-state index in [0.717, 1.165) is 16.7 Å². The molecule has 2 heterocycles. The van der Waals surface area contributed by atoms with Crippen molar-refractivity contribution in [3.63, 3.8) is 0 Å². The predicted molar refractivity (Wildman–Crippen MR) is 105 cm³/mol. The zero-order valence-corrected chi connectivity index (χ0v) is 16.2. The Morgan fingerprint density at radius 1 is 1.19 bits per heavy atom. The Labute approximate surface area is 160 Å². The van der Waals surface area contributed by atoms with Gasteiger partial charge >= 0.3 is 0 Å². The van der Waals surface area contributed by atoms with Gasteiger partial charge in [-0.2, -0.15) is 0 Å². The van der Waals surface area contributed by atoms with E-state index in [0.29, 0.717) is 19.6 Å². The lowest BCUT2D eigenvalue weighted by molar-refractivity contribution is -0.133. The number of hydrogen-bond acceptors (Lipinski definition) is 3. The molecule has 1 aromatic heterocycles. The van der Waals surface area contributed by atoms with Crippen LogP contribution in [0.15, 0.2) is 48.8 Å². The maximum absolute atomic E-state index is 13.0. The van der Waals surface area contributed by atoms with E-state index >= 15 is 0 Å². The quantitative estimate of drug-likeness (QED) is 0.886. The van der Waals surface area contributed by atoms with Crippen molar-refractivity contribution < 1.29 is 9.59 Å². The van der Waals surface area contributed by atoms with Crippen molar-refractivity contribution in [2.24, 2.45) is 11.8 Å². The van der Waals surface area contributed by atoms with Crippen LogP contribution in [0.2, 0.25) is 0 Å². The molecule has 3 rings (SSSR count). The van der Waals surface area contributed by atoms with Crippen molar-refractivity contribution in [1.29, 1.82) is 0 Å². The number of carbonyl (C=O) groups is 2. The van der Waals surface area contributed by atoms with E-state index in [1.807, 2.05) is 43.0 Å². The van der Waals surface area contributed by atoms with Crippen molar-refractivity contribution in [2.45, 2.75) is 33.2 Å². The van der Waals surface area contributed by atoms with Gasteiger partial charge in [0.15, 0.2) is 0 Å². The van der Waals surface area contributed by atoms with E-state index in [1.165, 1.54) is 0 Å². The van der Waals surface area contributed by atoms with Gasteiger partial charge in [0.2, 0.25) is 11.8 Å². The Hall–Kier alpha value is -2.69. The van der Waals surface area contributed by atoms with Gasteiger partial charge in [-0.05, 0) is 29.7 Å². The van der Waals surface area contributed by atoms with Crippen molar-refractivity contribution >= 4 is 11.8 Å². The van der Waals surface area contributed by atoms with E-state index in [4.69, 9.17) is 0 Å². The molecular weight excluding hydrogens is 338 g/mol. The summed E-state index contributed by atoms with van der Waals surface area (Å²) in [5.41, 5.74) is 3.27. The van der Waals surface area contributed by atoms with Crippen LogP contribution in [-0.2, 0) is 16.1 Å². The molecule has 1 N–H and O–H groups in total. The summed E-state index contributed by atoms with van der Waals surface area (Å²) in [7, 11) is 0. The van der Waals surface area contributed by atoms with Gasteiger partial charge in [0.25, 0.3) is 0 Å². The van der Waals surface area contributed by atoms with Gasteiger partial charge in [0.05, 0.1) is 5.92 Å². The first-order valence-corrected chi connectivity index (χ1v) is 9.48. The number of carbonyl (C=O) groups excluding carboxylic acids is 2. The lowest BCUT2D eigenvalue weighted by atomic mass is 9.86. The van der Waals surface area contributed by atoms with Gasteiger partial charge in [-0.3, -0.25) is 14.6 Å². The molecule has 2 aromatic rings. The largest absolute Gasteiger partial charge is 0.352 e. The average molecular weight is 365 g/mol. The molecule has 27 heavy (non-hydrogen) atoms. The van der Waals surface area contributed by atoms with Gasteiger partial charge in [0, 0.05) is 43.9 Å². The van der Waals surface area contributed by atoms with Gasteiger partial charge in [-0.25, -0.2) is 0 Å². The number of aryl methyl sites for hydroxylation is 1. The Kier molecular flexibility index (Phi) is 5.89. The third-order valence-electron chi connectivity index (χ3n) is 5.24. The van der Waals surface area contributed by atoms with Crippen LogP contribution in [0.25, 0.3) is 0 Å². The fourth-order valence-corrected chi connectivity index (χ4v) is 3.76. The molecule has 5 nitrogen and oxygen atoms in total. The molecule has 0 spiro atoms.